The highest BCUT2D eigenvalue weighted by Gasteiger charge is 2.19. The number of ketones is 1. The van der Waals surface area contributed by atoms with E-state index in [1.807, 2.05) is 0 Å². The summed E-state index contributed by atoms with van der Waals surface area (Å²) in [6.07, 6.45) is 0. The minimum atomic E-state index is -4.12. The standard InChI is InChI=1S/C9H8ClNO5S/c1-5(12)7-3-6(9(13)16-2)4-8(11-7)17(10,14)15/h3-4H,1-2H3. The van der Waals surface area contributed by atoms with E-state index in [1.165, 1.54) is 6.92 Å². The van der Waals surface area contributed by atoms with Crippen LogP contribution in [0.1, 0.15) is 27.8 Å². The van der Waals surface area contributed by atoms with Crippen molar-refractivity contribution in [3.8, 4) is 0 Å². The molecule has 0 unspecified atom stereocenters. The molecule has 1 rings (SSSR count). The third-order valence-electron chi connectivity index (χ3n) is 1.83. The Morgan fingerprint density at radius 2 is 1.94 bits per heavy atom. The van der Waals surface area contributed by atoms with Gasteiger partial charge in [-0.15, -0.1) is 0 Å². The van der Waals surface area contributed by atoms with Crippen molar-refractivity contribution < 1.29 is 22.7 Å². The van der Waals surface area contributed by atoms with Crippen LogP contribution in [0.3, 0.4) is 0 Å². The van der Waals surface area contributed by atoms with Crippen molar-refractivity contribution in [2.75, 3.05) is 7.11 Å². The molecule has 0 spiro atoms. The van der Waals surface area contributed by atoms with Gasteiger partial charge in [-0.05, 0) is 12.1 Å². The summed E-state index contributed by atoms with van der Waals surface area (Å²) in [6, 6.07) is 2.08. The van der Waals surface area contributed by atoms with Crippen LogP contribution in [0, 0.1) is 0 Å². The molecule has 0 aliphatic rings. The van der Waals surface area contributed by atoms with Crippen molar-refractivity contribution in [2.45, 2.75) is 11.9 Å². The lowest BCUT2D eigenvalue weighted by Gasteiger charge is -2.03. The van der Waals surface area contributed by atoms with Gasteiger partial charge in [-0.2, -0.15) is 0 Å². The van der Waals surface area contributed by atoms with Crippen molar-refractivity contribution >= 4 is 31.5 Å². The lowest BCUT2D eigenvalue weighted by Crippen LogP contribution is -2.09. The summed E-state index contributed by atoms with van der Waals surface area (Å²) in [6.45, 7) is 1.19. The van der Waals surface area contributed by atoms with Gasteiger partial charge in [-0.3, -0.25) is 4.79 Å². The molecular weight excluding hydrogens is 270 g/mol. The molecule has 6 nitrogen and oxygen atoms in total. The van der Waals surface area contributed by atoms with Gasteiger partial charge in [0.1, 0.15) is 5.69 Å². The molecule has 0 fully saturated rings. The van der Waals surface area contributed by atoms with Crippen LogP contribution >= 0.6 is 10.7 Å². The highest BCUT2D eigenvalue weighted by Crippen LogP contribution is 2.16. The van der Waals surface area contributed by atoms with Gasteiger partial charge in [0.25, 0.3) is 9.05 Å². The molecule has 0 saturated heterocycles. The second kappa shape index (κ2) is 4.80. The Morgan fingerprint density at radius 3 is 2.35 bits per heavy atom. The second-order valence-corrected chi connectivity index (χ2v) is 5.58. The summed E-state index contributed by atoms with van der Waals surface area (Å²) in [5.41, 5.74) is -0.279. The van der Waals surface area contributed by atoms with Crippen molar-refractivity contribution in [2.24, 2.45) is 0 Å². The van der Waals surface area contributed by atoms with Crippen LogP contribution in [0.4, 0.5) is 0 Å². The van der Waals surface area contributed by atoms with Gasteiger partial charge in [-0.25, -0.2) is 18.2 Å². The first kappa shape index (κ1) is 13.6. The summed E-state index contributed by atoms with van der Waals surface area (Å²) in [7, 11) is 2.11. The maximum atomic E-state index is 11.3. The van der Waals surface area contributed by atoms with Gasteiger partial charge >= 0.3 is 5.97 Å². The fourth-order valence-electron chi connectivity index (χ4n) is 1.05. The van der Waals surface area contributed by atoms with Gasteiger partial charge in [0, 0.05) is 17.6 Å². The highest BCUT2D eigenvalue weighted by molar-refractivity contribution is 8.13. The number of carbonyl (C=O) groups excluding carboxylic acids is 2. The molecule has 17 heavy (non-hydrogen) atoms. The van der Waals surface area contributed by atoms with E-state index in [0.29, 0.717) is 0 Å². The van der Waals surface area contributed by atoms with Gasteiger partial charge < -0.3 is 4.74 Å². The van der Waals surface area contributed by atoms with E-state index in [-0.39, 0.29) is 11.3 Å². The minimum absolute atomic E-state index is 0.105. The monoisotopic (exact) mass is 277 g/mol. The molecule has 0 aliphatic carbocycles. The lowest BCUT2D eigenvalue weighted by molar-refractivity contribution is 0.0600. The average molecular weight is 278 g/mol. The predicted octanol–water partition coefficient (Wildman–Crippen LogP) is 0.998. The first-order valence-electron chi connectivity index (χ1n) is 4.31. The van der Waals surface area contributed by atoms with E-state index in [1.54, 1.807) is 0 Å². The Balaban J connectivity index is 3.50. The van der Waals surface area contributed by atoms with Crippen LogP contribution in [0.5, 0.6) is 0 Å². The Bertz CT molecular complexity index is 581. The third kappa shape index (κ3) is 3.24. The molecule has 1 aromatic rings. The highest BCUT2D eigenvalue weighted by atomic mass is 35.7. The maximum absolute atomic E-state index is 11.3. The molecular formula is C9H8ClNO5S. The Morgan fingerprint density at radius 1 is 1.35 bits per heavy atom. The molecule has 0 aliphatic heterocycles. The molecule has 0 amide bonds. The Labute approximate surface area is 102 Å². The number of Topliss-reactive ketones (excluding diaryl/α,β-unsaturated/α-hetero) is 1. The van der Waals surface area contributed by atoms with Crippen LogP contribution in [0.15, 0.2) is 17.2 Å². The number of ether oxygens (including phenoxy) is 1. The number of aromatic nitrogens is 1. The van der Waals surface area contributed by atoms with Crippen molar-refractivity contribution in [1.82, 2.24) is 4.98 Å². The molecule has 8 heteroatoms. The quantitative estimate of drug-likeness (QED) is 0.465. The van der Waals surface area contributed by atoms with E-state index >= 15 is 0 Å². The average Bonchev–Trinajstić information content (AvgIpc) is 2.26. The summed E-state index contributed by atoms with van der Waals surface area (Å²) in [5.74, 6) is -1.27. The zero-order chi connectivity index (χ0) is 13.2. The number of carbonyl (C=O) groups is 2. The molecule has 1 heterocycles. The lowest BCUT2D eigenvalue weighted by atomic mass is 10.2. The topological polar surface area (TPSA) is 90.4 Å². The van der Waals surface area contributed by atoms with Crippen LogP contribution in [0.25, 0.3) is 0 Å². The van der Waals surface area contributed by atoms with E-state index in [0.717, 1.165) is 19.2 Å². The van der Waals surface area contributed by atoms with E-state index in [9.17, 15) is 18.0 Å². The van der Waals surface area contributed by atoms with Crippen LogP contribution in [-0.2, 0) is 13.8 Å². The first-order valence-corrected chi connectivity index (χ1v) is 6.62. The van der Waals surface area contributed by atoms with Gasteiger partial charge in [0.2, 0.25) is 0 Å². The number of hydrogen-bond donors (Lipinski definition) is 0. The van der Waals surface area contributed by atoms with E-state index < -0.39 is 25.8 Å². The van der Waals surface area contributed by atoms with E-state index in [4.69, 9.17) is 10.7 Å². The van der Waals surface area contributed by atoms with Crippen molar-refractivity contribution in [3.05, 3.63) is 23.4 Å². The van der Waals surface area contributed by atoms with Crippen LogP contribution in [-0.4, -0.2) is 32.3 Å². The smallest absolute Gasteiger partial charge is 0.338 e. The van der Waals surface area contributed by atoms with Gasteiger partial charge in [0.05, 0.1) is 12.7 Å². The second-order valence-electron chi connectivity index (χ2n) is 3.06. The molecule has 0 radical (unpaired) electrons. The predicted molar refractivity (Wildman–Crippen MR) is 58.6 cm³/mol. The summed E-state index contributed by atoms with van der Waals surface area (Å²) in [4.78, 5) is 25.9. The van der Waals surface area contributed by atoms with Crippen molar-refractivity contribution in [3.63, 3.8) is 0 Å². The molecule has 0 aromatic carbocycles. The van der Waals surface area contributed by atoms with Gasteiger partial charge in [-0.1, -0.05) is 0 Å². The number of esters is 1. The summed E-state index contributed by atoms with van der Waals surface area (Å²) >= 11 is 0. The summed E-state index contributed by atoms with van der Waals surface area (Å²) < 4.78 is 26.6. The number of methoxy groups -OCH3 is 1. The zero-order valence-corrected chi connectivity index (χ0v) is 10.5. The molecule has 0 atom stereocenters. The SMILES string of the molecule is COC(=O)c1cc(C(C)=O)nc(S(=O)(=O)Cl)c1. The van der Waals surface area contributed by atoms with Gasteiger partial charge in [0.15, 0.2) is 10.8 Å². The van der Waals surface area contributed by atoms with Crippen LogP contribution in [0.2, 0.25) is 0 Å². The first-order chi connectivity index (χ1) is 7.75. The Kier molecular flexibility index (Phi) is 3.84. The fraction of sp³-hybridized carbons (Fsp3) is 0.222. The molecule has 0 N–H and O–H groups in total. The minimum Gasteiger partial charge on any atom is -0.465 e. The number of rotatable bonds is 3. The molecule has 0 bridgehead atoms. The normalized spacial score (nSPS) is 11.0. The maximum Gasteiger partial charge on any atom is 0.338 e. The molecule has 0 saturated carbocycles. The number of hydrogen-bond acceptors (Lipinski definition) is 6. The third-order valence-corrected chi connectivity index (χ3v) is 3.02. The number of pyridine rings is 1. The van der Waals surface area contributed by atoms with E-state index in [2.05, 4.69) is 9.72 Å². The molecule has 92 valence electrons. The van der Waals surface area contributed by atoms with Crippen LogP contribution < -0.4 is 0 Å². The van der Waals surface area contributed by atoms with Crippen molar-refractivity contribution in [1.29, 1.82) is 0 Å². The largest absolute Gasteiger partial charge is 0.465 e. The fourth-order valence-corrected chi connectivity index (χ4v) is 1.76. The molecule has 1 aromatic heterocycles. The summed E-state index contributed by atoms with van der Waals surface area (Å²) in [5, 5.41) is -0.563. The zero-order valence-electron chi connectivity index (χ0n) is 8.93. The number of nitrogens with zero attached hydrogens (tertiary/aromatic N) is 1. The Hall–Kier alpha value is -1.47. The number of halogens is 1.